The lowest BCUT2D eigenvalue weighted by Crippen LogP contribution is -3.00. The van der Waals surface area contributed by atoms with Crippen LogP contribution >= 0.6 is 0 Å². The Kier molecular flexibility index (Phi) is 7.34. The maximum Gasteiger partial charge on any atom is 0.203 e. The molecule has 0 bridgehead atoms. The number of nitrogens with zero attached hydrogens (tertiary/aromatic N) is 1. The van der Waals surface area contributed by atoms with Gasteiger partial charge in [-0.05, 0) is 6.42 Å². The number of hydrogen-bond acceptors (Lipinski definition) is 4. The van der Waals surface area contributed by atoms with E-state index in [0.29, 0.717) is 0 Å². The zero-order valence-corrected chi connectivity index (χ0v) is 10.9. The van der Waals surface area contributed by atoms with Gasteiger partial charge in [-0.25, -0.2) is 4.58 Å². The van der Waals surface area contributed by atoms with Gasteiger partial charge in [0, 0.05) is 6.42 Å². The van der Waals surface area contributed by atoms with E-state index in [9.17, 15) is 15.3 Å². The number of aliphatic hydroxyl groups excluding tert-OH is 4. The van der Waals surface area contributed by atoms with Crippen LogP contribution in [0.4, 0.5) is 0 Å². The molecule has 0 saturated carbocycles. The summed E-state index contributed by atoms with van der Waals surface area (Å²) in [4.78, 5) is 0. The first-order valence-electron chi connectivity index (χ1n) is 5.36. The molecule has 0 amide bonds. The summed E-state index contributed by atoms with van der Waals surface area (Å²) in [5.41, 5.74) is 0. The van der Waals surface area contributed by atoms with Gasteiger partial charge in [0.1, 0.15) is 31.1 Å². The van der Waals surface area contributed by atoms with Crippen LogP contribution in [0.1, 0.15) is 19.8 Å². The smallest absolute Gasteiger partial charge is 0.203 e. The number of rotatable bonds is 3. The Morgan fingerprint density at radius 3 is 2.38 bits per heavy atom. The predicted octanol–water partition coefficient (Wildman–Crippen LogP) is -4.67. The Hall–Kier alpha value is -0.01000. The molecule has 96 valence electrons. The van der Waals surface area contributed by atoms with Crippen LogP contribution in [0.25, 0.3) is 0 Å². The van der Waals surface area contributed by atoms with Crippen LogP contribution in [0.5, 0.6) is 0 Å². The fourth-order valence-electron chi connectivity index (χ4n) is 1.83. The summed E-state index contributed by atoms with van der Waals surface area (Å²) < 4.78 is 1.71. The van der Waals surface area contributed by atoms with Gasteiger partial charge in [-0.3, -0.25) is 0 Å². The molecule has 1 fully saturated rings. The molecule has 1 aliphatic rings. The van der Waals surface area contributed by atoms with E-state index in [1.165, 1.54) is 0 Å². The summed E-state index contributed by atoms with van der Waals surface area (Å²) >= 11 is 0. The van der Waals surface area contributed by atoms with Crippen molar-refractivity contribution in [3.8, 4) is 0 Å². The second-order valence-corrected chi connectivity index (χ2v) is 3.97. The Labute approximate surface area is 106 Å². The molecule has 16 heavy (non-hydrogen) atoms. The molecule has 0 aromatic carbocycles. The van der Waals surface area contributed by atoms with Crippen molar-refractivity contribution in [3.63, 3.8) is 0 Å². The fourth-order valence-corrected chi connectivity index (χ4v) is 1.83. The number of β-amino-alcohol motifs (C(OH)–C–C–N with tert-alkyl or cyclic N) is 1. The Morgan fingerprint density at radius 1 is 1.25 bits per heavy atom. The number of hydrogen-bond donors (Lipinski definition) is 4. The Morgan fingerprint density at radius 2 is 1.88 bits per heavy atom. The van der Waals surface area contributed by atoms with Crippen molar-refractivity contribution in [2.24, 2.45) is 0 Å². The molecule has 1 heterocycles. The third kappa shape index (κ3) is 3.49. The van der Waals surface area contributed by atoms with Crippen LogP contribution in [-0.2, 0) is 0 Å². The highest BCUT2D eigenvalue weighted by atomic mass is 79.9. The lowest BCUT2D eigenvalue weighted by atomic mass is 9.95. The summed E-state index contributed by atoms with van der Waals surface area (Å²) in [7, 11) is 0. The monoisotopic (exact) mass is 297 g/mol. The second kappa shape index (κ2) is 7.34. The number of halogens is 1. The Bertz CT molecular complexity index is 237. The van der Waals surface area contributed by atoms with E-state index in [2.05, 4.69) is 0 Å². The number of piperidine rings is 1. The van der Waals surface area contributed by atoms with Crippen molar-refractivity contribution in [1.29, 1.82) is 0 Å². The lowest BCUT2D eigenvalue weighted by Gasteiger charge is -2.32. The maximum atomic E-state index is 9.65. The van der Waals surface area contributed by atoms with Crippen LogP contribution < -0.4 is 17.0 Å². The number of aliphatic hydroxyl groups is 4. The zero-order chi connectivity index (χ0) is 11.4. The van der Waals surface area contributed by atoms with Crippen LogP contribution in [0, 0.1) is 0 Å². The third-order valence-corrected chi connectivity index (χ3v) is 2.80. The minimum absolute atomic E-state index is 0. The molecular formula is C10H20BrNO4. The van der Waals surface area contributed by atoms with E-state index < -0.39 is 24.4 Å². The van der Waals surface area contributed by atoms with Crippen molar-refractivity contribution < 1.29 is 42.0 Å². The summed E-state index contributed by atoms with van der Waals surface area (Å²) in [6.07, 6.45) is 0.408. The molecule has 5 nitrogen and oxygen atoms in total. The predicted molar refractivity (Wildman–Crippen MR) is 55.0 cm³/mol. The normalized spacial score (nSPS) is 37.2. The van der Waals surface area contributed by atoms with Gasteiger partial charge in [0.25, 0.3) is 0 Å². The maximum absolute atomic E-state index is 9.65. The molecule has 1 saturated heterocycles. The van der Waals surface area contributed by atoms with Gasteiger partial charge in [0.05, 0.1) is 0 Å². The van der Waals surface area contributed by atoms with Crippen molar-refractivity contribution in [3.05, 3.63) is 0 Å². The summed E-state index contributed by atoms with van der Waals surface area (Å²) in [5, 5.41) is 37.7. The van der Waals surface area contributed by atoms with Crippen molar-refractivity contribution >= 4 is 6.21 Å². The highest BCUT2D eigenvalue weighted by Gasteiger charge is 2.44. The van der Waals surface area contributed by atoms with Gasteiger partial charge >= 0.3 is 0 Å². The first-order valence-corrected chi connectivity index (χ1v) is 5.36. The van der Waals surface area contributed by atoms with E-state index in [-0.39, 0.29) is 30.1 Å². The van der Waals surface area contributed by atoms with Crippen LogP contribution in [0.3, 0.4) is 0 Å². The quantitative estimate of drug-likeness (QED) is 0.395. The van der Waals surface area contributed by atoms with Gasteiger partial charge in [-0.15, -0.1) is 0 Å². The van der Waals surface area contributed by atoms with Gasteiger partial charge in [-0.2, -0.15) is 0 Å². The van der Waals surface area contributed by atoms with Crippen molar-refractivity contribution in [2.45, 2.75) is 44.1 Å². The van der Waals surface area contributed by atoms with Crippen molar-refractivity contribution in [2.75, 3.05) is 13.2 Å². The summed E-state index contributed by atoms with van der Waals surface area (Å²) in [6.45, 7) is 2.05. The molecule has 1 rings (SSSR count). The topological polar surface area (TPSA) is 83.9 Å². The van der Waals surface area contributed by atoms with Crippen LogP contribution in [0.15, 0.2) is 0 Å². The van der Waals surface area contributed by atoms with E-state index in [1.807, 2.05) is 13.1 Å². The molecule has 0 aromatic heterocycles. The molecule has 0 radical (unpaired) electrons. The summed E-state index contributed by atoms with van der Waals surface area (Å²) in [6, 6.07) is -0.519. The molecule has 0 spiro atoms. The largest absolute Gasteiger partial charge is 1.00 e. The first-order chi connectivity index (χ1) is 7.11. The van der Waals surface area contributed by atoms with Gasteiger partial charge in [0.2, 0.25) is 6.04 Å². The minimum Gasteiger partial charge on any atom is -1.00 e. The van der Waals surface area contributed by atoms with Crippen LogP contribution in [0.2, 0.25) is 0 Å². The Balaban J connectivity index is 0.00000225. The molecule has 0 aromatic rings. The highest BCUT2D eigenvalue weighted by molar-refractivity contribution is 5.51. The van der Waals surface area contributed by atoms with Gasteiger partial charge < -0.3 is 37.4 Å². The lowest BCUT2D eigenvalue weighted by molar-refractivity contribution is -0.601. The molecule has 0 aliphatic carbocycles. The minimum atomic E-state index is -1.17. The average Bonchev–Trinajstić information content (AvgIpc) is 2.23. The molecule has 6 heteroatoms. The molecule has 4 N–H and O–H groups in total. The number of unbranched alkanes of at least 4 members (excludes halogenated alkanes) is 1. The molecular weight excluding hydrogens is 278 g/mol. The van der Waals surface area contributed by atoms with E-state index >= 15 is 0 Å². The van der Waals surface area contributed by atoms with Gasteiger partial charge in [-0.1, -0.05) is 6.92 Å². The molecule has 4 atom stereocenters. The van der Waals surface area contributed by atoms with Gasteiger partial charge in [0.15, 0.2) is 6.54 Å². The zero-order valence-electron chi connectivity index (χ0n) is 9.33. The summed E-state index contributed by atoms with van der Waals surface area (Å²) in [5.74, 6) is 0. The molecule has 1 aliphatic heterocycles. The standard InChI is InChI=1S/C10H20NO4.BrH/c1-2-3-4-11-5-8(13)10(15)9(14)7(11)6-12;/h4,7-10,12-15H,2-3,5-6H2,1H3;1H/q+1;/p-1. The van der Waals surface area contributed by atoms with E-state index in [4.69, 9.17) is 5.11 Å². The highest BCUT2D eigenvalue weighted by Crippen LogP contribution is 2.14. The van der Waals surface area contributed by atoms with Crippen LogP contribution in [-0.4, -0.2) is 68.7 Å². The first kappa shape index (κ1) is 16.0. The molecule has 4 unspecified atom stereocenters. The third-order valence-electron chi connectivity index (χ3n) is 2.80. The van der Waals surface area contributed by atoms with E-state index in [0.717, 1.165) is 12.8 Å². The average molecular weight is 298 g/mol. The van der Waals surface area contributed by atoms with E-state index in [1.54, 1.807) is 4.58 Å². The second-order valence-electron chi connectivity index (χ2n) is 3.97. The fraction of sp³-hybridized carbons (Fsp3) is 0.900. The van der Waals surface area contributed by atoms with Crippen molar-refractivity contribution in [1.82, 2.24) is 0 Å². The SMILES string of the molecule is CCCC=[N+]1CC(O)C(O)C(O)C1CO.[Br-].